The van der Waals surface area contributed by atoms with Crippen molar-refractivity contribution in [2.24, 2.45) is 5.92 Å². The highest BCUT2D eigenvalue weighted by Gasteiger charge is 2.39. The number of nitrogens with zero attached hydrogens (tertiary/aromatic N) is 3. The van der Waals surface area contributed by atoms with E-state index in [4.69, 9.17) is 0 Å². The molecule has 2 unspecified atom stereocenters. The van der Waals surface area contributed by atoms with Gasteiger partial charge in [-0.2, -0.15) is 10.1 Å². The van der Waals surface area contributed by atoms with Gasteiger partial charge in [0.2, 0.25) is 11.9 Å². The van der Waals surface area contributed by atoms with Crippen molar-refractivity contribution in [2.75, 3.05) is 10.6 Å². The molecule has 8 heteroatoms. The number of phenols is 1. The molecule has 4 N–H and O–H groups in total. The minimum Gasteiger partial charge on any atom is -0.508 e. The van der Waals surface area contributed by atoms with E-state index >= 15 is 0 Å². The van der Waals surface area contributed by atoms with Crippen LogP contribution in [-0.4, -0.2) is 25.8 Å². The van der Waals surface area contributed by atoms with Crippen LogP contribution in [0.3, 0.4) is 0 Å². The van der Waals surface area contributed by atoms with E-state index in [2.05, 4.69) is 32.3 Å². The summed E-state index contributed by atoms with van der Waals surface area (Å²) in [6.45, 7) is 4.01. The van der Waals surface area contributed by atoms with E-state index in [9.17, 15) is 9.90 Å². The molecule has 2 atom stereocenters. The van der Waals surface area contributed by atoms with Crippen LogP contribution in [0.1, 0.15) is 11.6 Å². The number of pyridine rings is 1. The second-order valence-corrected chi connectivity index (χ2v) is 5.98. The third kappa shape index (κ3) is 2.77. The van der Waals surface area contributed by atoms with Gasteiger partial charge >= 0.3 is 0 Å². The van der Waals surface area contributed by atoms with Crippen LogP contribution in [-0.2, 0) is 4.79 Å². The maximum absolute atomic E-state index is 13.0. The number of benzene rings is 1. The number of hydrogen-bond donors (Lipinski definition) is 3. The normalized spacial score (nSPS) is 18.7. The predicted molar refractivity (Wildman–Crippen MR) is 94.1 cm³/mol. The first-order valence-corrected chi connectivity index (χ1v) is 8.05. The molecule has 0 spiro atoms. The van der Waals surface area contributed by atoms with Crippen molar-refractivity contribution in [3.05, 3.63) is 73.0 Å². The van der Waals surface area contributed by atoms with Gasteiger partial charge in [-0.15, -0.1) is 0 Å². The van der Waals surface area contributed by atoms with E-state index in [0.29, 0.717) is 17.3 Å². The largest absolute Gasteiger partial charge is 0.508 e. The molecule has 2 aromatic heterocycles. The fourth-order valence-electron chi connectivity index (χ4n) is 3.13. The first-order chi connectivity index (χ1) is 12.6. The van der Waals surface area contributed by atoms with E-state index in [1.165, 1.54) is 6.33 Å². The van der Waals surface area contributed by atoms with Crippen molar-refractivity contribution in [2.45, 2.75) is 6.04 Å². The Balaban J connectivity index is 1.75. The molecule has 0 fully saturated rings. The summed E-state index contributed by atoms with van der Waals surface area (Å²) in [5.74, 6) is -0.270. The lowest BCUT2D eigenvalue weighted by atomic mass is 9.88. The third-order valence-corrected chi connectivity index (χ3v) is 4.27. The molecule has 0 saturated carbocycles. The molecule has 0 saturated heterocycles. The summed E-state index contributed by atoms with van der Waals surface area (Å²) in [5.41, 5.74) is 1.89. The standard InChI is InChI=1S/C18H16N6O2/c1-11-15(17(26)23-13-5-3-7-19-9-13)16(12-4-2-6-14(25)8-12)24-18(22-11)20-10-21-24/h2-10,15-16,25H,1H2,(H,23,26)(H,20,21,22)/p+1. The number of rotatable bonds is 3. The zero-order valence-corrected chi connectivity index (χ0v) is 13.8. The SMILES string of the molecule is C=C1Nc2ncnn2C(c2cccc(O)c2)C1C(=O)Nc1ccc[nH+]c1. The van der Waals surface area contributed by atoms with Crippen molar-refractivity contribution in [3.8, 4) is 5.75 Å². The van der Waals surface area contributed by atoms with E-state index in [1.54, 1.807) is 47.4 Å². The Morgan fingerprint density at radius 2 is 2.23 bits per heavy atom. The molecule has 0 radical (unpaired) electrons. The number of nitrogens with one attached hydrogen (secondary N) is 3. The Kier molecular flexibility index (Phi) is 3.85. The molecule has 3 heterocycles. The van der Waals surface area contributed by atoms with Gasteiger partial charge in [0.25, 0.3) is 0 Å². The monoisotopic (exact) mass is 349 g/mol. The second kappa shape index (κ2) is 6.32. The summed E-state index contributed by atoms with van der Waals surface area (Å²) >= 11 is 0. The van der Waals surface area contributed by atoms with Crippen LogP contribution >= 0.6 is 0 Å². The first-order valence-electron chi connectivity index (χ1n) is 8.05. The van der Waals surface area contributed by atoms with Crippen molar-refractivity contribution < 1.29 is 14.9 Å². The Morgan fingerprint density at radius 3 is 3.00 bits per heavy atom. The molecular formula is C18H17N6O2+. The van der Waals surface area contributed by atoms with E-state index in [1.807, 2.05) is 6.07 Å². The smallest absolute Gasteiger partial charge is 0.236 e. The molecule has 8 nitrogen and oxygen atoms in total. The fraction of sp³-hybridized carbons (Fsp3) is 0.111. The van der Waals surface area contributed by atoms with Crippen LogP contribution in [0.4, 0.5) is 11.6 Å². The lowest BCUT2D eigenvalue weighted by molar-refractivity contribution is -0.377. The summed E-state index contributed by atoms with van der Waals surface area (Å²) in [6.07, 6.45) is 4.87. The summed E-state index contributed by atoms with van der Waals surface area (Å²) in [5, 5.41) is 20.1. The van der Waals surface area contributed by atoms with Gasteiger partial charge in [-0.25, -0.2) is 9.67 Å². The lowest BCUT2D eigenvalue weighted by Gasteiger charge is -2.33. The number of phenolic OH excluding ortho intramolecular Hbond substituents is 1. The summed E-state index contributed by atoms with van der Waals surface area (Å²) in [4.78, 5) is 20.1. The van der Waals surface area contributed by atoms with Crippen LogP contribution in [0.2, 0.25) is 0 Å². The van der Waals surface area contributed by atoms with E-state index < -0.39 is 12.0 Å². The molecule has 4 rings (SSSR count). The van der Waals surface area contributed by atoms with Crippen molar-refractivity contribution in [3.63, 3.8) is 0 Å². The highest BCUT2D eigenvalue weighted by molar-refractivity contribution is 5.95. The number of aromatic nitrogens is 4. The Bertz CT molecular complexity index is 969. The summed E-state index contributed by atoms with van der Waals surface area (Å²) < 4.78 is 1.63. The van der Waals surface area contributed by atoms with Gasteiger partial charge in [-0.3, -0.25) is 4.79 Å². The average molecular weight is 349 g/mol. The maximum atomic E-state index is 13.0. The minimum atomic E-state index is -0.647. The number of aromatic hydroxyl groups is 1. The molecule has 1 amide bonds. The highest BCUT2D eigenvalue weighted by atomic mass is 16.3. The topological polar surface area (TPSA) is 106 Å². The summed E-state index contributed by atoms with van der Waals surface area (Å²) in [7, 11) is 0. The van der Waals surface area contributed by atoms with E-state index in [0.717, 1.165) is 5.56 Å². The predicted octanol–water partition coefficient (Wildman–Crippen LogP) is 1.58. The maximum Gasteiger partial charge on any atom is 0.236 e. The molecule has 26 heavy (non-hydrogen) atoms. The number of fused-ring (bicyclic) bond motifs is 1. The molecule has 130 valence electrons. The lowest BCUT2D eigenvalue weighted by Crippen LogP contribution is -2.39. The molecule has 3 aromatic rings. The number of anilines is 2. The van der Waals surface area contributed by atoms with Gasteiger partial charge in [-0.05, 0) is 23.8 Å². The van der Waals surface area contributed by atoms with Gasteiger partial charge in [-0.1, -0.05) is 18.7 Å². The molecule has 1 aliphatic rings. The highest BCUT2D eigenvalue weighted by Crippen LogP contribution is 2.38. The Hall–Kier alpha value is -3.68. The van der Waals surface area contributed by atoms with Crippen LogP contribution in [0.25, 0.3) is 0 Å². The van der Waals surface area contributed by atoms with Gasteiger partial charge in [0.05, 0.1) is 6.04 Å². The third-order valence-electron chi connectivity index (χ3n) is 4.27. The van der Waals surface area contributed by atoms with Crippen molar-refractivity contribution >= 4 is 17.5 Å². The van der Waals surface area contributed by atoms with Gasteiger partial charge in [0.15, 0.2) is 12.4 Å². The van der Waals surface area contributed by atoms with Gasteiger partial charge in [0, 0.05) is 11.8 Å². The number of aromatic amines is 1. The van der Waals surface area contributed by atoms with Crippen molar-refractivity contribution in [1.82, 2.24) is 14.8 Å². The van der Waals surface area contributed by atoms with Crippen LogP contribution in [0, 0.1) is 5.92 Å². The average Bonchev–Trinajstić information content (AvgIpc) is 3.09. The van der Waals surface area contributed by atoms with Crippen LogP contribution < -0.4 is 15.6 Å². The molecular weight excluding hydrogens is 332 g/mol. The molecule has 0 bridgehead atoms. The number of carbonyl (C=O) groups excluding carboxylic acids is 1. The number of carbonyl (C=O) groups is 1. The molecule has 0 aliphatic carbocycles. The fourth-order valence-corrected chi connectivity index (χ4v) is 3.13. The zero-order valence-electron chi connectivity index (χ0n) is 13.8. The number of amides is 1. The first kappa shape index (κ1) is 15.8. The van der Waals surface area contributed by atoms with Gasteiger partial charge < -0.3 is 15.7 Å². The second-order valence-electron chi connectivity index (χ2n) is 5.98. The number of H-pyrrole nitrogens is 1. The Labute approximate surface area is 149 Å². The summed E-state index contributed by atoms with van der Waals surface area (Å²) in [6, 6.07) is 9.87. The van der Waals surface area contributed by atoms with Gasteiger partial charge in [0.1, 0.15) is 23.7 Å². The van der Waals surface area contributed by atoms with Crippen LogP contribution in [0.5, 0.6) is 5.75 Å². The van der Waals surface area contributed by atoms with Crippen LogP contribution in [0.15, 0.2) is 67.4 Å². The minimum absolute atomic E-state index is 0.116. The Morgan fingerprint density at radius 1 is 1.35 bits per heavy atom. The number of hydrogen-bond acceptors (Lipinski definition) is 5. The zero-order chi connectivity index (χ0) is 18.1. The van der Waals surface area contributed by atoms with Crippen molar-refractivity contribution in [1.29, 1.82) is 0 Å². The quantitative estimate of drug-likeness (QED) is 0.666. The van der Waals surface area contributed by atoms with E-state index in [-0.39, 0.29) is 11.7 Å². The molecule has 1 aliphatic heterocycles. The molecule has 1 aromatic carbocycles.